The predicted molar refractivity (Wildman–Crippen MR) is 183 cm³/mol. The second-order valence-corrected chi connectivity index (χ2v) is 13.5. The minimum absolute atomic E-state index is 0.122. The van der Waals surface area contributed by atoms with Crippen molar-refractivity contribution in [2.75, 3.05) is 6.61 Å². The number of aliphatic hydroxyl groups excluding tert-OH is 1. The normalized spacial score (nSPS) is 12.1. The molecular formula is C34H53N3O6S. The zero-order valence-electron chi connectivity index (χ0n) is 28.0. The standard InChI is InChI=1S/C25H31N3O6.C6H14S.C3H8/c1-17(15-29)33-21-13-19(12-20(14-21)32-16-18-8-6-5-7-9-18)23(30)28-22(26)10-11-27-24(31)34-25(2,3)4;1-5(2)7-6(3)4;1-3-2/h5-14,17,29H,15-16H2,1-4H3,(H,27,31)(H2,26,28,30);5-6H,1-4H3;3H2,1-2H3/b11-10-;;. The van der Waals surface area contributed by atoms with E-state index in [4.69, 9.17) is 19.9 Å². The summed E-state index contributed by atoms with van der Waals surface area (Å²) in [5.41, 5.74) is 6.29. The van der Waals surface area contributed by atoms with E-state index in [0.717, 1.165) is 16.1 Å². The molecule has 0 spiro atoms. The molecule has 246 valence electrons. The number of carbonyl (C=O) groups is 2. The van der Waals surface area contributed by atoms with Gasteiger partial charge in [0, 0.05) is 17.8 Å². The minimum atomic E-state index is -0.661. The molecule has 0 saturated heterocycles. The molecule has 0 aliphatic rings. The molecule has 1 atom stereocenters. The lowest BCUT2D eigenvalue weighted by Crippen LogP contribution is -2.30. The van der Waals surface area contributed by atoms with Gasteiger partial charge in [0.05, 0.1) is 6.61 Å². The van der Waals surface area contributed by atoms with E-state index in [2.05, 4.69) is 51.9 Å². The maximum Gasteiger partial charge on any atom is 0.411 e. The van der Waals surface area contributed by atoms with E-state index in [1.54, 1.807) is 33.8 Å². The lowest BCUT2D eigenvalue weighted by atomic mass is 10.2. The van der Waals surface area contributed by atoms with Crippen LogP contribution in [-0.4, -0.2) is 51.8 Å². The Labute approximate surface area is 268 Å². The quantitative estimate of drug-likeness (QED) is 0.171. The number of hydrogen-bond donors (Lipinski definition) is 3. The van der Waals surface area contributed by atoms with Gasteiger partial charge in [0.1, 0.15) is 35.6 Å². The van der Waals surface area contributed by atoms with Gasteiger partial charge >= 0.3 is 6.09 Å². The fraction of sp³-hybridized carbons (Fsp3) is 0.500. The van der Waals surface area contributed by atoms with E-state index in [0.29, 0.717) is 11.5 Å². The van der Waals surface area contributed by atoms with Crippen molar-refractivity contribution in [2.24, 2.45) is 10.7 Å². The molecule has 0 bridgehead atoms. The molecule has 1 unspecified atom stereocenters. The Bertz CT molecular complexity index is 1160. The van der Waals surface area contributed by atoms with Crippen LogP contribution in [0.1, 0.15) is 91.6 Å². The fourth-order valence-electron chi connectivity index (χ4n) is 3.12. The van der Waals surface area contributed by atoms with Gasteiger partial charge in [-0.05, 0) is 62.0 Å². The molecule has 2 rings (SSSR count). The lowest BCUT2D eigenvalue weighted by Gasteiger charge is -2.18. The van der Waals surface area contributed by atoms with Crippen molar-refractivity contribution in [3.8, 4) is 11.5 Å². The van der Waals surface area contributed by atoms with Crippen molar-refractivity contribution in [1.82, 2.24) is 5.32 Å². The van der Waals surface area contributed by atoms with Crippen molar-refractivity contribution in [1.29, 1.82) is 0 Å². The molecule has 10 heteroatoms. The highest BCUT2D eigenvalue weighted by atomic mass is 32.2. The first-order chi connectivity index (χ1) is 20.6. The van der Waals surface area contributed by atoms with Crippen molar-refractivity contribution in [3.05, 3.63) is 71.9 Å². The van der Waals surface area contributed by atoms with Crippen LogP contribution in [0.3, 0.4) is 0 Å². The van der Waals surface area contributed by atoms with E-state index in [9.17, 15) is 14.7 Å². The number of nitrogens with zero attached hydrogens (tertiary/aromatic N) is 1. The summed E-state index contributed by atoms with van der Waals surface area (Å²) < 4.78 is 16.6. The van der Waals surface area contributed by atoms with Crippen LogP contribution in [0.5, 0.6) is 11.5 Å². The Balaban J connectivity index is 0.00000160. The van der Waals surface area contributed by atoms with Gasteiger partial charge in [-0.2, -0.15) is 16.8 Å². The number of carbonyl (C=O) groups excluding carboxylic acids is 2. The molecule has 44 heavy (non-hydrogen) atoms. The highest BCUT2D eigenvalue weighted by molar-refractivity contribution is 8.00. The molecular weight excluding hydrogens is 578 g/mol. The number of nitrogens with two attached hydrogens (primary N) is 1. The first-order valence-electron chi connectivity index (χ1n) is 14.9. The summed E-state index contributed by atoms with van der Waals surface area (Å²) in [4.78, 5) is 28.2. The number of amidine groups is 1. The highest BCUT2D eigenvalue weighted by Gasteiger charge is 2.15. The molecule has 0 aliphatic carbocycles. The minimum Gasteiger partial charge on any atom is -0.489 e. The number of aliphatic imine (C=N–C) groups is 1. The van der Waals surface area contributed by atoms with Gasteiger partial charge < -0.3 is 25.1 Å². The summed E-state index contributed by atoms with van der Waals surface area (Å²) >= 11 is 2.01. The van der Waals surface area contributed by atoms with Crippen molar-refractivity contribution in [2.45, 2.75) is 104 Å². The topological polar surface area (TPSA) is 132 Å². The molecule has 0 fully saturated rings. The summed E-state index contributed by atoms with van der Waals surface area (Å²) in [6.45, 7) is 20.2. The van der Waals surface area contributed by atoms with E-state index in [1.165, 1.54) is 30.8 Å². The van der Waals surface area contributed by atoms with Crippen LogP contribution in [0, 0.1) is 0 Å². The molecule has 2 aromatic carbocycles. The largest absolute Gasteiger partial charge is 0.489 e. The number of aliphatic hydroxyl groups is 1. The number of ether oxygens (including phenoxy) is 3. The summed E-state index contributed by atoms with van der Waals surface area (Å²) in [6, 6.07) is 14.2. The Morgan fingerprint density at radius 1 is 1.00 bits per heavy atom. The zero-order valence-corrected chi connectivity index (χ0v) is 28.9. The molecule has 2 amide bonds. The maximum absolute atomic E-state index is 12.7. The number of alkyl carbamates (subject to hydrolysis) is 1. The molecule has 0 aromatic heterocycles. The molecule has 0 saturated carbocycles. The molecule has 2 aromatic rings. The number of hydrogen-bond acceptors (Lipinski definition) is 7. The van der Waals surface area contributed by atoms with Crippen molar-refractivity contribution in [3.63, 3.8) is 0 Å². The molecule has 0 heterocycles. The van der Waals surface area contributed by atoms with Crippen LogP contribution in [0.15, 0.2) is 65.8 Å². The van der Waals surface area contributed by atoms with E-state index >= 15 is 0 Å². The Morgan fingerprint density at radius 2 is 1.57 bits per heavy atom. The maximum atomic E-state index is 12.7. The third-order valence-electron chi connectivity index (χ3n) is 4.60. The lowest BCUT2D eigenvalue weighted by molar-refractivity contribution is 0.0552. The fourth-order valence-corrected chi connectivity index (χ4v) is 4.21. The Hall–Kier alpha value is -3.50. The average Bonchev–Trinajstić information content (AvgIpc) is 2.91. The number of nitrogens with one attached hydrogen (secondary N) is 1. The Morgan fingerprint density at radius 3 is 2.07 bits per heavy atom. The van der Waals surface area contributed by atoms with Crippen molar-refractivity contribution >= 4 is 29.6 Å². The first-order valence-corrected chi connectivity index (χ1v) is 15.8. The van der Waals surface area contributed by atoms with Gasteiger partial charge in [0.25, 0.3) is 5.91 Å². The number of benzene rings is 2. The highest BCUT2D eigenvalue weighted by Crippen LogP contribution is 2.25. The van der Waals surface area contributed by atoms with Crippen LogP contribution in [0.2, 0.25) is 0 Å². The number of thioether (sulfide) groups is 1. The first kappa shape index (κ1) is 40.5. The van der Waals surface area contributed by atoms with Gasteiger partial charge in [-0.15, -0.1) is 0 Å². The van der Waals surface area contributed by atoms with E-state index in [-0.39, 0.29) is 24.6 Å². The second-order valence-electron chi connectivity index (χ2n) is 11.3. The van der Waals surface area contributed by atoms with Gasteiger partial charge in [-0.25, -0.2) is 4.79 Å². The van der Waals surface area contributed by atoms with Crippen LogP contribution >= 0.6 is 11.8 Å². The van der Waals surface area contributed by atoms with Gasteiger partial charge in [0.2, 0.25) is 0 Å². The van der Waals surface area contributed by atoms with Gasteiger partial charge in [-0.1, -0.05) is 78.3 Å². The molecule has 0 radical (unpaired) electrons. The molecule has 0 aliphatic heterocycles. The summed E-state index contributed by atoms with van der Waals surface area (Å²) in [5.74, 6) is -0.0222. The van der Waals surface area contributed by atoms with Gasteiger partial charge in [0.15, 0.2) is 0 Å². The van der Waals surface area contributed by atoms with Crippen LogP contribution < -0.4 is 20.5 Å². The van der Waals surface area contributed by atoms with Crippen molar-refractivity contribution < 1.29 is 28.9 Å². The summed E-state index contributed by atoms with van der Waals surface area (Å²) in [6.07, 6.45) is 2.61. The number of amides is 2. The Kier molecular flexibility index (Phi) is 20.3. The van der Waals surface area contributed by atoms with Gasteiger partial charge in [-0.3, -0.25) is 10.1 Å². The summed E-state index contributed by atoms with van der Waals surface area (Å²) in [5, 5.41) is 13.3. The van der Waals surface area contributed by atoms with E-state index < -0.39 is 23.7 Å². The number of rotatable bonds is 11. The zero-order chi connectivity index (χ0) is 33.7. The monoisotopic (exact) mass is 631 g/mol. The SMILES string of the molecule is CC(C)SC(C)C.CC(CO)Oc1cc(OCc2ccccc2)cc(C(=O)N=C(N)/C=C\NC(=O)OC(C)(C)C)c1.CCC. The summed E-state index contributed by atoms with van der Waals surface area (Å²) in [7, 11) is 0. The molecule has 4 N–H and O–H groups in total. The second kappa shape index (κ2) is 22.1. The molecule has 9 nitrogen and oxygen atoms in total. The third-order valence-corrected chi connectivity index (χ3v) is 5.69. The van der Waals surface area contributed by atoms with Crippen LogP contribution in [-0.2, 0) is 11.3 Å². The van der Waals surface area contributed by atoms with E-state index in [1.807, 2.05) is 42.1 Å². The van der Waals surface area contributed by atoms with Crippen LogP contribution in [0.25, 0.3) is 0 Å². The van der Waals surface area contributed by atoms with Crippen LogP contribution in [0.4, 0.5) is 4.79 Å². The third kappa shape index (κ3) is 21.2. The smallest absolute Gasteiger partial charge is 0.411 e. The predicted octanol–water partition coefficient (Wildman–Crippen LogP) is 7.51. The average molecular weight is 632 g/mol.